The lowest BCUT2D eigenvalue weighted by molar-refractivity contribution is 0.276. The Bertz CT molecular complexity index is 1090. The van der Waals surface area contributed by atoms with Gasteiger partial charge in [0.25, 0.3) is 0 Å². The lowest BCUT2D eigenvalue weighted by atomic mass is 10.1. The highest BCUT2D eigenvalue weighted by Crippen LogP contribution is 2.29. The molecule has 0 saturated heterocycles. The van der Waals surface area contributed by atoms with Crippen molar-refractivity contribution < 1.29 is 35.4 Å². The fourth-order valence-electron chi connectivity index (χ4n) is 2.73. The van der Waals surface area contributed by atoms with Gasteiger partial charge in [-0.05, 0) is 25.0 Å². The number of hydrogen-bond acceptors (Lipinski definition) is 12. The molecule has 0 aliphatic heterocycles. The second kappa shape index (κ2) is 11.0. The fourth-order valence-corrected chi connectivity index (χ4v) is 6.03. The first-order valence-electron chi connectivity index (χ1n) is 9.21. The van der Waals surface area contributed by atoms with Crippen molar-refractivity contribution in [1.82, 2.24) is 9.97 Å². The Morgan fingerprint density at radius 2 is 1.12 bits per heavy atom. The summed E-state index contributed by atoms with van der Waals surface area (Å²) in [4.78, 5) is 8.05. The maximum absolute atomic E-state index is 12.5. The summed E-state index contributed by atoms with van der Waals surface area (Å²) >= 11 is 8.22. The zero-order valence-electron chi connectivity index (χ0n) is 17.3. The molecule has 2 rings (SSSR count). The molecule has 0 amide bonds. The Morgan fingerprint density at radius 3 is 1.41 bits per heavy atom. The van der Waals surface area contributed by atoms with Crippen LogP contribution in [0.4, 0.5) is 0 Å². The molecule has 2 aromatic heterocycles. The summed E-state index contributed by atoms with van der Waals surface area (Å²) in [5, 5.41) is 19.2. The quantitative estimate of drug-likeness (QED) is 0.248. The lowest BCUT2D eigenvalue weighted by Gasteiger charge is -2.16. The third-order valence-corrected chi connectivity index (χ3v) is 7.66. The van der Waals surface area contributed by atoms with Crippen molar-refractivity contribution in [1.29, 1.82) is 0 Å². The molecule has 32 heavy (non-hydrogen) atoms. The van der Waals surface area contributed by atoms with E-state index in [9.17, 15) is 27.0 Å². The average molecular weight is 525 g/mol. The molecule has 2 N–H and O–H groups in total. The molecule has 0 bridgehead atoms. The Labute approximate surface area is 198 Å². The van der Waals surface area contributed by atoms with Crippen LogP contribution in [-0.2, 0) is 45.0 Å². The third kappa shape index (κ3) is 6.48. The number of thiol groups is 2. The van der Waals surface area contributed by atoms with E-state index in [2.05, 4.69) is 35.2 Å². The molecule has 10 nitrogen and oxygen atoms in total. The molecule has 178 valence electrons. The number of rotatable bonds is 11. The highest BCUT2D eigenvalue weighted by Gasteiger charge is 2.26. The molecule has 0 atom stereocenters. The van der Waals surface area contributed by atoms with E-state index >= 15 is 0 Å². The minimum Gasteiger partial charge on any atom is -0.392 e. The summed E-state index contributed by atoms with van der Waals surface area (Å²) in [6, 6.07) is 0. The molecular weight excluding hydrogens is 500 g/mol. The summed E-state index contributed by atoms with van der Waals surface area (Å²) in [7, 11) is -8.78. The highest BCUT2D eigenvalue weighted by molar-refractivity contribution is 7.90. The van der Waals surface area contributed by atoms with Gasteiger partial charge in [-0.15, -0.1) is 0 Å². The van der Waals surface area contributed by atoms with Crippen LogP contribution in [0.1, 0.15) is 33.6 Å². The molecule has 0 unspecified atom stereocenters. The number of nitrogens with zero attached hydrogens (tertiary/aromatic N) is 2. The zero-order valence-corrected chi connectivity index (χ0v) is 20.8. The van der Waals surface area contributed by atoms with E-state index in [0.717, 1.165) is 0 Å². The van der Waals surface area contributed by atoms with Crippen molar-refractivity contribution in [2.45, 2.75) is 38.6 Å². The van der Waals surface area contributed by atoms with Crippen LogP contribution in [0.2, 0.25) is 0 Å². The fraction of sp³-hybridized carbons (Fsp3) is 0.444. The number of pyridine rings is 2. The molecule has 14 heteroatoms. The summed E-state index contributed by atoms with van der Waals surface area (Å²) in [6.45, 7) is 1.96. The van der Waals surface area contributed by atoms with Gasteiger partial charge in [0.1, 0.15) is 11.5 Å². The number of aromatic nitrogens is 2. The van der Waals surface area contributed by atoms with Crippen LogP contribution >= 0.6 is 25.3 Å². The summed E-state index contributed by atoms with van der Waals surface area (Å²) in [5.74, 6) is -1.79. The van der Waals surface area contributed by atoms with Gasteiger partial charge in [0, 0.05) is 35.0 Å². The smallest absolute Gasteiger partial charge is 0.310 e. The van der Waals surface area contributed by atoms with E-state index < -0.39 is 45.0 Å². The van der Waals surface area contributed by atoms with Gasteiger partial charge in [-0.1, -0.05) is 0 Å². The van der Waals surface area contributed by atoms with Crippen LogP contribution in [0.3, 0.4) is 0 Å². The van der Waals surface area contributed by atoms with Crippen molar-refractivity contribution in [3.63, 3.8) is 0 Å². The minimum absolute atomic E-state index is 0.165. The molecular formula is C18H24N2O8S4. The highest BCUT2D eigenvalue weighted by atomic mass is 32.2. The van der Waals surface area contributed by atoms with Gasteiger partial charge in [-0.3, -0.25) is 9.97 Å². The van der Waals surface area contributed by atoms with Crippen molar-refractivity contribution >= 4 is 45.5 Å². The van der Waals surface area contributed by atoms with Gasteiger partial charge in [0.2, 0.25) is 0 Å². The molecule has 0 saturated carbocycles. The van der Waals surface area contributed by atoms with Gasteiger partial charge < -0.3 is 18.6 Å². The number of hydrogen-bond donors (Lipinski definition) is 4. The molecule has 0 aromatic carbocycles. The predicted molar refractivity (Wildman–Crippen MR) is 124 cm³/mol. The van der Waals surface area contributed by atoms with Crippen molar-refractivity contribution in [3.05, 3.63) is 46.0 Å². The monoisotopic (exact) mass is 524 g/mol. The maximum Gasteiger partial charge on any atom is 0.310 e. The molecule has 0 fully saturated rings. The van der Waals surface area contributed by atoms with E-state index in [-0.39, 0.29) is 45.5 Å². The number of aliphatic hydroxyl groups is 2. The van der Waals surface area contributed by atoms with Gasteiger partial charge in [0.15, 0.2) is 11.5 Å². The zero-order chi connectivity index (χ0) is 24.1. The first kappa shape index (κ1) is 26.7. The summed E-state index contributed by atoms with van der Waals surface area (Å²) in [6.07, 6.45) is 2.89. The average Bonchev–Trinajstić information content (AvgIpc) is 2.75. The van der Waals surface area contributed by atoms with Crippen molar-refractivity contribution in [2.24, 2.45) is 0 Å². The Balaban J connectivity index is 2.24. The molecule has 0 spiro atoms. The second-order valence-corrected chi connectivity index (χ2v) is 10.7. The van der Waals surface area contributed by atoms with Gasteiger partial charge in [-0.2, -0.15) is 42.1 Å². The Morgan fingerprint density at radius 1 is 0.781 bits per heavy atom. The lowest BCUT2D eigenvalue weighted by Crippen LogP contribution is -2.25. The van der Waals surface area contributed by atoms with Gasteiger partial charge in [0.05, 0.1) is 24.6 Å². The second-order valence-electron chi connectivity index (χ2n) is 6.68. The van der Waals surface area contributed by atoms with E-state index in [1.165, 1.54) is 26.2 Å². The SMILES string of the molecule is Cc1ncc(CS)c(CO)c1OS(=O)(=O)CCS(=O)(=O)Oc1c(C)ncc(CS)c1CO. The first-order valence-corrected chi connectivity index (χ1v) is 13.6. The number of aliphatic hydroxyl groups excluding tert-OH is 2. The Kier molecular flexibility index (Phi) is 9.19. The van der Waals surface area contributed by atoms with Crippen LogP contribution in [0.5, 0.6) is 11.5 Å². The van der Waals surface area contributed by atoms with Crippen molar-refractivity contribution in [2.75, 3.05) is 11.5 Å². The largest absolute Gasteiger partial charge is 0.392 e. The molecule has 0 aliphatic rings. The standard InChI is InChI=1S/C18H24N2O8S4/c1-11-17(15(7-21)13(9-29)5-19-11)27-31(23,24)3-4-32(25,26)28-18-12(2)20-6-14(10-30)16(18)8-22/h5-6,21-22,29-30H,3-4,7-10H2,1-2H3. The number of aryl methyl sites for hydroxylation is 2. The molecule has 2 aromatic rings. The van der Waals surface area contributed by atoms with Crippen LogP contribution in [0, 0.1) is 13.8 Å². The van der Waals surface area contributed by atoms with Gasteiger partial charge in [-0.25, -0.2) is 0 Å². The van der Waals surface area contributed by atoms with Crippen LogP contribution < -0.4 is 8.37 Å². The Hall–Kier alpha value is -1.58. The maximum atomic E-state index is 12.5. The minimum atomic E-state index is -4.39. The summed E-state index contributed by atoms with van der Waals surface area (Å²) in [5.41, 5.74) is 1.78. The van der Waals surface area contributed by atoms with E-state index in [1.54, 1.807) is 0 Å². The van der Waals surface area contributed by atoms with Crippen LogP contribution in [0.15, 0.2) is 12.4 Å². The molecule has 2 heterocycles. The van der Waals surface area contributed by atoms with E-state index in [1.807, 2.05) is 0 Å². The summed E-state index contributed by atoms with van der Waals surface area (Å²) < 4.78 is 60.1. The van der Waals surface area contributed by atoms with Crippen LogP contribution in [0.25, 0.3) is 0 Å². The first-order chi connectivity index (χ1) is 15.0. The molecule has 0 radical (unpaired) electrons. The van der Waals surface area contributed by atoms with Crippen molar-refractivity contribution in [3.8, 4) is 11.5 Å². The molecule has 0 aliphatic carbocycles. The van der Waals surface area contributed by atoms with E-state index in [4.69, 9.17) is 8.37 Å². The predicted octanol–water partition coefficient (Wildman–Crippen LogP) is 1.06. The van der Waals surface area contributed by atoms with Gasteiger partial charge >= 0.3 is 20.2 Å². The van der Waals surface area contributed by atoms with E-state index in [0.29, 0.717) is 11.1 Å². The topological polar surface area (TPSA) is 153 Å². The normalized spacial score (nSPS) is 12.1. The van der Waals surface area contributed by atoms with Crippen LogP contribution in [-0.4, -0.2) is 48.5 Å². The third-order valence-electron chi connectivity index (χ3n) is 4.47.